The third-order valence-electron chi connectivity index (χ3n) is 5.08. The van der Waals surface area contributed by atoms with E-state index in [9.17, 15) is 19.0 Å². The molecule has 1 saturated heterocycles. The van der Waals surface area contributed by atoms with E-state index in [4.69, 9.17) is 10.5 Å². The lowest BCUT2D eigenvalue weighted by molar-refractivity contribution is -0.0533. The summed E-state index contributed by atoms with van der Waals surface area (Å²) in [5.41, 5.74) is 7.66. The van der Waals surface area contributed by atoms with Crippen molar-refractivity contribution in [2.45, 2.75) is 37.7 Å². The zero-order chi connectivity index (χ0) is 17.7. The van der Waals surface area contributed by atoms with Crippen molar-refractivity contribution in [1.82, 2.24) is 9.88 Å². The molecule has 0 radical (unpaired) electrons. The van der Waals surface area contributed by atoms with Crippen LogP contribution in [-0.2, 0) is 17.8 Å². The lowest BCUT2D eigenvalue weighted by atomic mass is 9.93. The smallest absolute Gasteiger partial charge is 0.196 e. The largest absolute Gasteiger partial charge is 0.494 e. The van der Waals surface area contributed by atoms with E-state index >= 15 is 0 Å². The number of H-pyrrole nitrogens is 1. The summed E-state index contributed by atoms with van der Waals surface area (Å²) in [5, 5.41) is 19.6. The van der Waals surface area contributed by atoms with Crippen LogP contribution in [0.2, 0.25) is 0 Å². The minimum Gasteiger partial charge on any atom is -0.494 e. The van der Waals surface area contributed by atoms with E-state index in [1.807, 2.05) is 0 Å². The number of nitrogens with one attached hydrogen (secondary N) is 1. The van der Waals surface area contributed by atoms with Gasteiger partial charge in [-0.25, -0.2) is 8.78 Å². The molecule has 1 aromatic heterocycles. The van der Waals surface area contributed by atoms with E-state index in [-0.39, 0.29) is 23.4 Å². The van der Waals surface area contributed by atoms with Gasteiger partial charge in [-0.15, -0.1) is 0 Å². The molecule has 2 aromatic rings. The molecule has 4 rings (SSSR count). The molecule has 134 valence electrons. The Morgan fingerprint density at radius 3 is 2.48 bits per heavy atom. The maximum absolute atomic E-state index is 14.0. The first-order valence-electron chi connectivity index (χ1n) is 8.12. The van der Waals surface area contributed by atoms with Crippen molar-refractivity contribution < 1.29 is 23.7 Å². The van der Waals surface area contributed by atoms with Gasteiger partial charge in [0.15, 0.2) is 11.8 Å². The summed E-state index contributed by atoms with van der Waals surface area (Å²) in [4.78, 5) is 4.55. The molecular formula is C17H19F2N3O3. The number of rotatable bonds is 2. The summed E-state index contributed by atoms with van der Waals surface area (Å²) in [6.07, 6.45) is -0.160. The Morgan fingerprint density at radius 1 is 1.16 bits per heavy atom. The zero-order valence-electron chi connectivity index (χ0n) is 13.4. The highest BCUT2D eigenvalue weighted by Gasteiger charge is 2.38. The summed E-state index contributed by atoms with van der Waals surface area (Å²) < 4.78 is 33.2. The van der Waals surface area contributed by atoms with Gasteiger partial charge in [0.05, 0.1) is 6.61 Å². The SMILES string of the molecule is N[C@H]1C[C@@H](N2Cc3c(O)[nH]c(O)c3C2)CO[C@@H]1c1cc(F)ccc1F. The highest BCUT2D eigenvalue weighted by atomic mass is 19.1. The molecule has 0 unspecified atom stereocenters. The number of aromatic hydroxyl groups is 2. The van der Waals surface area contributed by atoms with Crippen LogP contribution in [0.3, 0.4) is 0 Å². The zero-order valence-corrected chi connectivity index (χ0v) is 13.4. The molecule has 0 saturated carbocycles. The van der Waals surface area contributed by atoms with Crippen LogP contribution in [0, 0.1) is 11.6 Å². The maximum Gasteiger partial charge on any atom is 0.196 e. The number of nitrogens with zero attached hydrogens (tertiary/aromatic N) is 1. The molecule has 0 aliphatic carbocycles. The molecule has 3 heterocycles. The highest BCUT2D eigenvalue weighted by Crippen LogP contribution is 2.39. The fourth-order valence-corrected chi connectivity index (χ4v) is 3.76. The molecule has 0 amide bonds. The number of nitrogens with two attached hydrogens (primary N) is 1. The van der Waals surface area contributed by atoms with Gasteiger partial charge < -0.3 is 20.7 Å². The van der Waals surface area contributed by atoms with Gasteiger partial charge >= 0.3 is 0 Å². The fourth-order valence-electron chi connectivity index (χ4n) is 3.76. The monoisotopic (exact) mass is 351 g/mol. The Morgan fingerprint density at radius 2 is 1.84 bits per heavy atom. The van der Waals surface area contributed by atoms with Gasteiger partial charge in [-0.05, 0) is 24.6 Å². The first-order valence-corrected chi connectivity index (χ1v) is 8.12. The molecule has 2 aliphatic heterocycles. The predicted octanol–water partition coefficient (Wildman–Crippen LogP) is 1.88. The number of hydrogen-bond donors (Lipinski definition) is 4. The summed E-state index contributed by atoms with van der Waals surface area (Å²) in [6, 6.07) is 2.74. The summed E-state index contributed by atoms with van der Waals surface area (Å²) in [6.45, 7) is 1.25. The Labute approximate surface area is 142 Å². The van der Waals surface area contributed by atoms with E-state index in [1.165, 1.54) is 0 Å². The second-order valence-corrected chi connectivity index (χ2v) is 6.66. The van der Waals surface area contributed by atoms with Crippen molar-refractivity contribution in [3.63, 3.8) is 0 Å². The van der Waals surface area contributed by atoms with Crippen molar-refractivity contribution in [2.75, 3.05) is 6.61 Å². The van der Waals surface area contributed by atoms with Crippen LogP contribution in [-0.4, -0.2) is 38.8 Å². The van der Waals surface area contributed by atoms with E-state index in [1.54, 1.807) is 0 Å². The predicted molar refractivity (Wildman–Crippen MR) is 84.8 cm³/mol. The van der Waals surface area contributed by atoms with Crippen molar-refractivity contribution in [1.29, 1.82) is 0 Å². The van der Waals surface area contributed by atoms with Crippen LogP contribution in [0.15, 0.2) is 18.2 Å². The number of aromatic nitrogens is 1. The molecular weight excluding hydrogens is 332 g/mol. The van der Waals surface area contributed by atoms with Crippen molar-refractivity contribution >= 4 is 0 Å². The van der Waals surface area contributed by atoms with Crippen LogP contribution in [0.1, 0.15) is 29.2 Å². The van der Waals surface area contributed by atoms with Gasteiger partial charge in [0.1, 0.15) is 17.7 Å². The van der Waals surface area contributed by atoms with Crippen LogP contribution >= 0.6 is 0 Å². The number of halogens is 2. The molecule has 2 aliphatic rings. The molecule has 1 fully saturated rings. The lowest BCUT2D eigenvalue weighted by Gasteiger charge is -2.38. The molecule has 1 aromatic carbocycles. The van der Waals surface area contributed by atoms with Crippen molar-refractivity contribution in [3.8, 4) is 11.8 Å². The second-order valence-electron chi connectivity index (χ2n) is 6.66. The number of benzene rings is 1. The molecule has 3 atom stereocenters. The molecule has 25 heavy (non-hydrogen) atoms. The average molecular weight is 351 g/mol. The minimum atomic E-state index is -0.698. The van der Waals surface area contributed by atoms with Crippen LogP contribution in [0.5, 0.6) is 11.8 Å². The lowest BCUT2D eigenvalue weighted by Crippen LogP contribution is -2.47. The van der Waals surface area contributed by atoms with Gasteiger partial charge in [0.2, 0.25) is 0 Å². The summed E-state index contributed by atoms with van der Waals surface area (Å²) in [5.74, 6) is -1.13. The normalized spacial score (nSPS) is 26.8. The highest BCUT2D eigenvalue weighted by molar-refractivity contribution is 5.45. The van der Waals surface area contributed by atoms with E-state index < -0.39 is 23.8 Å². The fraction of sp³-hybridized carbons (Fsp3) is 0.412. The first-order chi connectivity index (χ1) is 11.9. The summed E-state index contributed by atoms with van der Waals surface area (Å²) in [7, 11) is 0. The third-order valence-corrected chi connectivity index (χ3v) is 5.08. The molecule has 0 bridgehead atoms. The van der Waals surface area contributed by atoms with Gasteiger partial charge in [0.25, 0.3) is 0 Å². The molecule has 6 nitrogen and oxygen atoms in total. The molecule has 5 N–H and O–H groups in total. The molecule has 0 spiro atoms. The maximum atomic E-state index is 14.0. The minimum absolute atomic E-state index is 0.0317. The second kappa shape index (κ2) is 5.98. The van der Waals surface area contributed by atoms with Gasteiger partial charge in [-0.2, -0.15) is 0 Å². The number of hydrogen-bond acceptors (Lipinski definition) is 5. The number of fused-ring (bicyclic) bond motifs is 1. The van der Waals surface area contributed by atoms with Crippen LogP contribution in [0.25, 0.3) is 0 Å². The molecule has 8 heteroatoms. The quantitative estimate of drug-likeness (QED) is 0.663. The standard InChI is InChI=1S/C17H19F2N3O3/c18-8-1-2-13(19)10(3-8)15-14(20)4-9(7-25-15)22-5-11-12(6-22)17(24)21-16(11)23/h1-3,9,14-15,21,23-24H,4-7,20H2/t9-,14+,15-/m1/s1. The third kappa shape index (κ3) is 2.76. The van der Waals surface area contributed by atoms with Crippen molar-refractivity contribution in [3.05, 3.63) is 46.5 Å². The van der Waals surface area contributed by atoms with Crippen molar-refractivity contribution in [2.24, 2.45) is 5.73 Å². The first kappa shape index (κ1) is 16.3. The summed E-state index contributed by atoms with van der Waals surface area (Å²) >= 11 is 0. The average Bonchev–Trinajstić information content (AvgIpc) is 3.12. The van der Waals surface area contributed by atoms with E-state index in [2.05, 4.69) is 9.88 Å². The van der Waals surface area contributed by atoms with Gasteiger partial charge in [-0.1, -0.05) is 0 Å². The Hall–Kier alpha value is -2.16. The number of ether oxygens (including phenoxy) is 1. The van der Waals surface area contributed by atoms with E-state index in [0.717, 1.165) is 18.2 Å². The van der Waals surface area contributed by atoms with Gasteiger partial charge in [-0.3, -0.25) is 9.88 Å². The Balaban J connectivity index is 1.47. The van der Waals surface area contributed by atoms with Crippen LogP contribution < -0.4 is 5.73 Å². The Kier molecular flexibility index (Phi) is 3.90. The topological polar surface area (TPSA) is 94.7 Å². The van der Waals surface area contributed by atoms with Gasteiger partial charge in [0, 0.05) is 41.9 Å². The number of aromatic amines is 1. The van der Waals surface area contributed by atoms with E-state index in [0.29, 0.717) is 37.2 Å². The van der Waals surface area contributed by atoms with Crippen LogP contribution in [0.4, 0.5) is 8.78 Å². The Bertz CT molecular complexity index is 784.